The highest BCUT2D eigenvalue weighted by Crippen LogP contribution is 2.24. The maximum Gasteiger partial charge on any atom is 0.290 e. The molecule has 28 heavy (non-hydrogen) atoms. The number of hydrogen-bond donors (Lipinski definition) is 3. The zero-order valence-corrected chi connectivity index (χ0v) is 15.2. The number of amides is 2. The number of anilines is 1. The fourth-order valence-corrected chi connectivity index (χ4v) is 3.29. The van der Waals surface area contributed by atoms with Crippen molar-refractivity contribution in [3.63, 3.8) is 0 Å². The lowest BCUT2D eigenvalue weighted by Crippen LogP contribution is -2.17. The Balaban J connectivity index is 1.43. The number of fused-ring (bicyclic) bond motifs is 1. The Labute approximate surface area is 162 Å². The Hall–Kier alpha value is -3.53. The van der Waals surface area contributed by atoms with Crippen molar-refractivity contribution >= 4 is 45.7 Å². The van der Waals surface area contributed by atoms with Crippen LogP contribution in [0.3, 0.4) is 0 Å². The van der Waals surface area contributed by atoms with Crippen LogP contribution in [0, 0.1) is 0 Å². The number of thioether (sulfide) groups is 1. The summed E-state index contributed by atoms with van der Waals surface area (Å²) in [7, 11) is 0. The first kappa shape index (κ1) is 17.9. The maximum atomic E-state index is 12.1. The monoisotopic (exact) mass is 394 g/mol. The lowest BCUT2D eigenvalue weighted by atomic mass is 10.2. The summed E-state index contributed by atoms with van der Waals surface area (Å²) >= 11 is 0.811. The van der Waals surface area contributed by atoms with Crippen LogP contribution < -0.4 is 16.2 Å². The molecule has 1 aliphatic rings. The van der Waals surface area contributed by atoms with Gasteiger partial charge in [0.1, 0.15) is 11.6 Å². The second-order valence-electron chi connectivity index (χ2n) is 5.86. The number of hydrogen-bond acceptors (Lipinski definition) is 8. The number of para-hydroxylation sites is 1. The average molecular weight is 394 g/mol. The first-order valence-corrected chi connectivity index (χ1v) is 9.20. The van der Waals surface area contributed by atoms with Gasteiger partial charge in [-0.2, -0.15) is 0 Å². The number of rotatable bonds is 5. The minimum Gasteiger partial charge on any atom is -0.370 e. The molecule has 4 rings (SSSR count). The van der Waals surface area contributed by atoms with E-state index in [0.717, 1.165) is 11.8 Å². The minimum absolute atomic E-state index is 0.168. The van der Waals surface area contributed by atoms with Crippen LogP contribution in [0.4, 0.5) is 10.6 Å². The predicted octanol–water partition coefficient (Wildman–Crippen LogP) is 1.69. The van der Waals surface area contributed by atoms with Crippen LogP contribution in [0.5, 0.6) is 0 Å². The van der Waals surface area contributed by atoms with E-state index in [1.165, 1.54) is 6.08 Å². The second kappa shape index (κ2) is 7.61. The Morgan fingerprint density at radius 2 is 1.96 bits per heavy atom. The molecule has 0 atom stereocenters. The zero-order chi connectivity index (χ0) is 19.5. The van der Waals surface area contributed by atoms with Crippen molar-refractivity contribution in [2.75, 3.05) is 11.9 Å². The van der Waals surface area contributed by atoms with Gasteiger partial charge < -0.3 is 10.3 Å². The number of nitrogens with zero attached hydrogens (tertiary/aromatic N) is 3. The van der Waals surface area contributed by atoms with Gasteiger partial charge in [-0.25, -0.2) is 15.0 Å². The summed E-state index contributed by atoms with van der Waals surface area (Å²) < 4.78 is 0. The van der Waals surface area contributed by atoms with Crippen LogP contribution in [0.15, 0.2) is 46.2 Å². The van der Waals surface area contributed by atoms with E-state index < -0.39 is 11.1 Å². The summed E-state index contributed by atoms with van der Waals surface area (Å²) in [4.78, 5) is 50.8. The molecule has 0 radical (unpaired) electrons. The van der Waals surface area contributed by atoms with Gasteiger partial charge in [0.15, 0.2) is 5.82 Å². The molecule has 0 bridgehead atoms. The van der Waals surface area contributed by atoms with E-state index in [-0.39, 0.29) is 10.5 Å². The molecule has 0 aliphatic carbocycles. The number of carbonyl (C=O) groups is 2. The Morgan fingerprint density at radius 1 is 1.11 bits per heavy atom. The molecule has 1 aromatic carbocycles. The second-order valence-corrected chi connectivity index (χ2v) is 6.87. The number of benzene rings is 1. The third-order valence-corrected chi connectivity index (χ3v) is 4.72. The SMILES string of the molecule is O=C1NC(=O)/C(=C/c2nccc(NCCc3nc4ccccc4c(=O)[nH]3)n2)S1. The van der Waals surface area contributed by atoms with Crippen LogP contribution in [0.2, 0.25) is 0 Å². The summed E-state index contributed by atoms with van der Waals surface area (Å²) in [5.74, 6) is 0.989. The highest BCUT2D eigenvalue weighted by molar-refractivity contribution is 8.18. The van der Waals surface area contributed by atoms with Crippen molar-refractivity contribution < 1.29 is 9.59 Å². The van der Waals surface area contributed by atoms with Crippen molar-refractivity contribution in [1.82, 2.24) is 25.3 Å². The van der Waals surface area contributed by atoms with Gasteiger partial charge in [-0.3, -0.25) is 19.7 Å². The van der Waals surface area contributed by atoms with E-state index in [2.05, 4.69) is 30.6 Å². The van der Waals surface area contributed by atoms with Gasteiger partial charge in [0.25, 0.3) is 16.7 Å². The molecule has 0 unspecified atom stereocenters. The highest BCUT2D eigenvalue weighted by Gasteiger charge is 2.25. The fraction of sp³-hybridized carbons (Fsp3) is 0.111. The van der Waals surface area contributed by atoms with E-state index in [9.17, 15) is 14.4 Å². The summed E-state index contributed by atoms with van der Waals surface area (Å²) in [5, 5.41) is 5.45. The Morgan fingerprint density at radius 3 is 2.79 bits per heavy atom. The standard InChI is InChI=1S/C18H14N6O3S/c25-16-10-3-1-2-4-11(10)21-14(23-16)6-8-19-13-5-7-20-15(22-13)9-12-17(26)24-18(27)28-12/h1-5,7,9H,6,8H2,(H,19,20,22)(H,21,23,25)(H,24,26,27)/b12-9-. The quantitative estimate of drug-likeness (QED) is 0.558. The molecule has 2 amide bonds. The Kier molecular flexibility index (Phi) is 4.85. The molecule has 3 aromatic rings. The molecular weight excluding hydrogens is 380 g/mol. The number of nitrogens with one attached hydrogen (secondary N) is 3. The number of aromatic amines is 1. The smallest absolute Gasteiger partial charge is 0.290 e. The van der Waals surface area contributed by atoms with E-state index in [1.807, 2.05) is 6.07 Å². The Bertz CT molecular complexity index is 1170. The van der Waals surface area contributed by atoms with Gasteiger partial charge in [-0.15, -0.1) is 0 Å². The lowest BCUT2D eigenvalue weighted by Gasteiger charge is -2.06. The molecule has 140 valence electrons. The molecule has 3 heterocycles. The molecule has 1 aliphatic heterocycles. The van der Waals surface area contributed by atoms with Crippen molar-refractivity contribution in [3.05, 3.63) is 63.4 Å². The van der Waals surface area contributed by atoms with Gasteiger partial charge >= 0.3 is 0 Å². The van der Waals surface area contributed by atoms with E-state index in [0.29, 0.717) is 41.3 Å². The molecular formula is C18H14N6O3S. The highest BCUT2D eigenvalue weighted by atomic mass is 32.2. The van der Waals surface area contributed by atoms with Gasteiger partial charge in [0.2, 0.25) is 0 Å². The maximum absolute atomic E-state index is 12.1. The van der Waals surface area contributed by atoms with E-state index in [1.54, 1.807) is 30.5 Å². The van der Waals surface area contributed by atoms with Crippen LogP contribution >= 0.6 is 11.8 Å². The van der Waals surface area contributed by atoms with Gasteiger partial charge in [0, 0.05) is 25.2 Å². The lowest BCUT2D eigenvalue weighted by molar-refractivity contribution is -0.115. The average Bonchev–Trinajstić information content (AvgIpc) is 2.99. The van der Waals surface area contributed by atoms with E-state index in [4.69, 9.17) is 0 Å². The summed E-state index contributed by atoms with van der Waals surface area (Å²) in [6.07, 6.45) is 3.50. The van der Waals surface area contributed by atoms with Crippen LogP contribution in [-0.4, -0.2) is 37.6 Å². The number of H-pyrrole nitrogens is 1. The third-order valence-electron chi connectivity index (χ3n) is 3.91. The molecule has 1 saturated heterocycles. The van der Waals surface area contributed by atoms with Crippen LogP contribution in [-0.2, 0) is 11.2 Å². The summed E-state index contributed by atoms with van der Waals surface area (Å²) in [6.45, 7) is 0.488. The number of aromatic nitrogens is 4. The molecule has 0 spiro atoms. The first-order valence-electron chi connectivity index (χ1n) is 8.38. The number of imide groups is 1. The predicted molar refractivity (Wildman–Crippen MR) is 106 cm³/mol. The molecule has 2 aromatic heterocycles. The van der Waals surface area contributed by atoms with Crippen molar-refractivity contribution in [1.29, 1.82) is 0 Å². The minimum atomic E-state index is -0.455. The first-order chi connectivity index (χ1) is 13.6. The summed E-state index contributed by atoms with van der Waals surface area (Å²) in [6, 6.07) is 8.85. The van der Waals surface area contributed by atoms with Gasteiger partial charge in [-0.1, -0.05) is 12.1 Å². The molecule has 10 heteroatoms. The largest absolute Gasteiger partial charge is 0.370 e. The van der Waals surface area contributed by atoms with Crippen LogP contribution in [0.1, 0.15) is 11.6 Å². The molecule has 9 nitrogen and oxygen atoms in total. The normalized spacial score (nSPS) is 15.2. The number of carbonyl (C=O) groups excluding carboxylic acids is 2. The van der Waals surface area contributed by atoms with Gasteiger partial charge in [0.05, 0.1) is 15.8 Å². The van der Waals surface area contributed by atoms with Crippen molar-refractivity contribution in [3.8, 4) is 0 Å². The van der Waals surface area contributed by atoms with Crippen molar-refractivity contribution in [2.24, 2.45) is 0 Å². The van der Waals surface area contributed by atoms with Crippen LogP contribution in [0.25, 0.3) is 17.0 Å². The van der Waals surface area contributed by atoms with E-state index >= 15 is 0 Å². The van der Waals surface area contributed by atoms with Gasteiger partial charge in [-0.05, 0) is 30.0 Å². The zero-order valence-electron chi connectivity index (χ0n) is 14.4. The third kappa shape index (κ3) is 3.91. The van der Waals surface area contributed by atoms with Crippen molar-refractivity contribution in [2.45, 2.75) is 6.42 Å². The molecule has 3 N–H and O–H groups in total. The summed E-state index contributed by atoms with van der Waals surface area (Å²) in [5.41, 5.74) is 0.484. The fourth-order valence-electron chi connectivity index (χ4n) is 2.64. The molecule has 1 fully saturated rings. The topological polar surface area (TPSA) is 130 Å². The molecule has 0 saturated carbocycles.